The van der Waals surface area contributed by atoms with E-state index in [1.807, 2.05) is 42.6 Å². The molecule has 3 rings (SSSR count). The summed E-state index contributed by atoms with van der Waals surface area (Å²) >= 11 is 1.54. The maximum Gasteiger partial charge on any atom is 0.317 e. The first-order valence-electron chi connectivity index (χ1n) is 7.84. The second-order valence-corrected chi connectivity index (χ2v) is 6.87. The van der Waals surface area contributed by atoms with Crippen molar-refractivity contribution in [2.45, 2.75) is 26.0 Å². The van der Waals surface area contributed by atoms with E-state index in [0.29, 0.717) is 19.6 Å². The van der Waals surface area contributed by atoms with Gasteiger partial charge >= 0.3 is 6.03 Å². The van der Waals surface area contributed by atoms with Crippen molar-refractivity contribution >= 4 is 17.4 Å². The summed E-state index contributed by atoms with van der Waals surface area (Å²) in [4.78, 5) is 18.4. The van der Waals surface area contributed by atoms with Crippen molar-refractivity contribution in [3.05, 3.63) is 40.7 Å². The number of carbonyl (C=O) groups excluding carboxylic acids is 1. The summed E-state index contributed by atoms with van der Waals surface area (Å²) in [6, 6.07) is 9.86. The minimum absolute atomic E-state index is 0.132. The van der Waals surface area contributed by atoms with Crippen molar-refractivity contribution in [1.29, 1.82) is 0 Å². The molecule has 2 N–H and O–H groups in total. The van der Waals surface area contributed by atoms with Crippen molar-refractivity contribution in [3.63, 3.8) is 0 Å². The van der Waals surface area contributed by atoms with Crippen LogP contribution in [0.25, 0.3) is 11.3 Å². The van der Waals surface area contributed by atoms with Gasteiger partial charge in [0.1, 0.15) is 5.01 Å². The number of nitrogens with one attached hydrogen (secondary N) is 1. The van der Waals surface area contributed by atoms with E-state index < -0.39 is 6.10 Å². The Morgan fingerprint density at radius 2 is 2.22 bits per heavy atom. The van der Waals surface area contributed by atoms with Crippen LogP contribution in [0, 0.1) is 5.92 Å². The van der Waals surface area contributed by atoms with Crippen LogP contribution in [-0.2, 0) is 6.54 Å². The third-order valence-electron chi connectivity index (χ3n) is 4.22. The third-order valence-corrected chi connectivity index (χ3v) is 5.07. The summed E-state index contributed by atoms with van der Waals surface area (Å²) in [5, 5.41) is 15.7. The molecule has 1 aromatic carbocycles. The van der Waals surface area contributed by atoms with E-state index in [-0.39, 0.29) is 11.9 Å². The number of hydrogen-bond donors (Lipinski definition) is 2. The highest BCUT2D eigenvalue weighted by Gasteiger charge is 2.27. The number of amides is 2. The van der Waals surface area contributed by atoms with Gasteiger partial charge in [-0.3, -0.25) is 0 Å². The third kappa shape index (κ3) is 3.89. The van der Waals surface area contributed by atoms with Gasteiger partial charge in [-0.2, -0.15) is 0 Å². The van der Waals surface area contributed by atoms with Crippen LogP contribution in [0.5, 0.6) is 0 Å². The van der Waals surface area contributed by atoms with Crippen molar-refractivity contribution in [2.24, 2.45) is 5.92 Å². The summed E-state index contributed by atoms with van der Waals surface area (Å²) < 4.78 is 0. The van der Waals surface area contributed by atoms with Gasteiger partial charge in [0.25, 0.3) is 0 Å². The molecule has 1 saturated heterocycles. The number of β-amino-alcohol motifs (C(OH)–C–C–N with tert-alkyl or cyclic N) is 1. The first-order valence-corrected chi connectivity index (χ1v) is 8.72. The molecule has 0 saturated carbocycles. The Morgan fingerprint density at radius 1 is 1.43 bits per heavy atom. The number of aromatic nitrogens is 1. The number of likely N-dealkylation sites (tertiary alicyclic amines) is 1. The molecule has 5 nitrogen and oxygen atoms in total. The monoisotopic (exact) mass is 331 g/mol. The number of aliphatic hydroxyl groups excluding tert-OH is 1. The van der Waals surface area contributed by atoms with Gasteiger partial charge < -0.3 is 15.3 Å². The SMILES string of the molecule is CC1CCN(C(=O)NCc2nc(-c3ccccc3)cs2)CC1O. The summed E-state index contributed by atoms with van der Waals surface area (Å²) in [6.45, 7) is 3.52. The second kappa shape index (κ2) is 7.10. The second-order valence-electron chi connectivity index (χ2n) is 5.93. The number of thiazole rings is 1. The number of hydrogen-bond acceptors (Lipinski definition) is 4. The van der Waals surface area contributed by atoms with Crippen molar-refractivity contribution in [3.8, 4) is 11.3 Å². The van der Waals surface area contributed by atoms with Crippen LogP contribution in [0.3, 0.4) is 0 Å². The lowest BCUT2D eigenvalue weighted by atomic mass is 9.96. The minimum Gasteiger partial charge on any atom is -0.391 e. The number of aliphatic hydroxyl groups is 1. The zero-order valence-electron chi connectivity index (χ0n) is 13.1. The quantitative estimate of drug-likeness (QED) is 0.909. The number of benzene rings is 1. The molecule has 1 fully saturated rings. The Labute approximate surface area is 140 Å². The highest BCUT2D eigenvalue weighted by atomic mass is 32.1. The predicted octanol–water partition coefficient (Wildman–Crippen LogP) is 2.72. The number of urea groups is 1. The van der Waals surface area contributed by atoms with Gasteiger partial charge in [0, 0.05) is 24.0 Å². The molecule has 0 aliphatic carbocycles. The fraction of sp³-hybridized carbons (Fsp3) is 0.412. The van der Waals surface area contributed by atoms with Crippen LogP contribution in [0.4, 0.5) is 4.79 Å². The normalized spacial score (nSPS) is 21.2. The van der Waals surface area contributed by atoms with Gasteiger partial charge in [0.2, 0.25) is 0 Å². The minimum atomic E-state index is -0.431. The lowest BCUT2D eigenvalue weighted by Gasteiger charge is -2.34. The van der Waals surface area contributed by atoms with E-state index in [2.05, 4.69) is 10.3 Å². The van der Waals surface area contributed by atoms with Crippen molar-refractivity contribution in [1.82, 2.24) is 15.2 Å². The summed E-state index contributed by atoms with van der Waals surface area (Å²) in [6.07, 6.45) is 0.406. The van der Waals surface area contributed by atoms with Gasteiger partial charge in [-0.15, -0.1) is 11.3 Å². The van der Waals surface area contributed by atoms with E-state index in [4.69, 9.17) is 0 Å². The summed E-state index contributed by atoms with van der Waals surface area (Å²) in [5.41, 5.74) is 2.01. The summed E-state index contributed by atoms with van der Waals surface area (Å²) in [7, 11) is 0. The molecule has 1 aromatic heterocycles. The van der Waals surface area contributed by atoms with Crippen LogP contribution >= 0.6 is 11.3 Å². The number of rotatable bonds is 3. The van der Waals surface area contributed by atoms with Crippen LogP contribution < -0.4 is 5.32 Å². The largest absolute Gasteiger partial charge is 0.391 e. The molecule has 122 valence electrons. The van der Waals surface area contributed by atoms with Gasteiger partial charge in [-0.05, 0) is 12.3 Å². The molecular weight excluding hydrogens is 310 g/mol. The van der Waals surface area contributed by atoms with E-state index in [0.717, 1.165) is 22.7 Å². The van der Waals surface area contributed by atoms with Gasteiger partial charge in [-0.25, -0.2) is 9.78 Å². The zero-order valence-corrected chi connectivity index (χ0v) is 13.9. The fourth-order valence-corrected chi connectivity index (χ4v) is 3.37. The molecule has 2 aromatic rings. The lowest BCUT2D eigenvalue weighted by Crippen LogP contribution is -2.49. The number of piperidine rings is 1. The predicted molar refractivity (Wildman–Crippen MR) is 91.1 cm³/mol. The first-order chi connectivity index (χ1) is 11.1. The zero-order chi connectivity index (χ0) is 16.2. The Morgan fingerprint density at radius 3 is 2.96 bits per heavy atom. The van der Waals surface area contributed by atoms with Gasteiger partial charge in [0.05, 0.1) is 18.3 Å². The van der Waals surface area contributed by atoms with Gasteiger partial charge in [-0.1, -0.05) is 37.3 Å². The summed E-state index contributed by atoms with van der Waals surface area (Å²) in [5.74, 6) is 0.256. The van der Waals surface area contributed by atoms with Crippen LogP contribution in [-0.4, -0.2) is 40.2 Å². The fourth-order valence-electron chi connectivity index (χ4n) is 2.63. The molecule has 1 aliphatic heterocycles. The van der Waals surface area contributed by atoms with Crippen LogP contribution in [0.2, 0.25) is 0 Å². The number of nitrogens with zero attached hydrogens (tertiary/aromatic N) is 2. The van der Waals surface area contributed by atoms with Crippen molar-refractivity contribution < 1.29 is 9.90 Å². The molecule has 0 bridgehead atoms. The average molecular weight is 331 g/mol. The van der Waals surface area contributed by atoms with E-state index >= 15 is 0 Å². The van der Waals surface area contributed by atoms with E-state index in [9.17, 15) is 9.90 Å². The highest BCUT2D eigenvalue weighted by molar-refractivity contribution is 7.09. The molecule has 2 heterocycles. The molecule has 2 atom stereocenters. The Kier molecular flexibility index (Phi) is 4.93. The molecule has 1 aliphatic rings. The van der Waals surface area contributed by atoms with E-state index in [1.165, 1.54) is 0 Å². The molecule has 6 heteroatoms. The van der Waals surface area contributed by atoms with Gasteiger partial charge in [0.15, 0.2) is 0 Å². The molecular formula is C17H21N3O2S. The Balaban J connectivity index is 1.55. The standard InChI is InChI=1S/C17H21N3O2S/c1-12-7-8-20(10-15(12)21)17(22)18-9-16-19-14(11-23-16)13-5-3-2-4-6-13/h2-6,11-12,15,21H,7-10H2,1H3,(H,18,22). The Bertz CT molecular complexity index is 659. The van der Waals surface area contributed by atoms with E-state index in [1.54, 1.807) is 16.2 Å². The molecule has 0 spiro atoms. The smallest absolute Gasteiger partial charge is 0.317 e. The van der Waals surface area contributed by atoms with Crippen molar-refractivity contribution in [2.75, 3.05) is 13.1 Å². The molecule has 2 amide bonds. The maximum atomic E-state index is 12.2. The first kappa shape index (κ1) is 16.0. The van der Waals surface area contributed by atoms with Crippen LogP contribution in [0.15, 0.2) is 35.7 Å². The Hall–Kier alpha value is -1.92. The molecule has 2 unspecified atom stereocenters. The number of carbonyl (C=O) groups is 1. The molecule has 0 radical (unpaired) electrons. The molecule has 23 heavy (non-hydrogen) atoms. The lowest BCUT2D eigenvalue weighted by molar-refractivity contribution is 0.0435. The average Bonchev–Trinajstić information content (AvgIpc) is 3.05. The van der Waals surface area contributed by atoms with Crippen LogP contribution in [0.1, 0.15) is 18.4 Å². The highest BCUT2D eigenvalue weighted by Crippen LogP contribution is 2.21. The maximum absolute atomic E-state index is 12.2. The topological polar surface area (TPSA) is 65.5 Å².